The normalized spacial score (nSPS) is 16.7. The highest BCUT2D eigenvalue weighted by Crippen LogP contribution is 2.39. The first-order valence-electron chi connectivity index (χ1n) is 7.62. The smallest absolute Gasteiger partial charge is 0.261 e. The molecule has 25 heavy (non-hydrogen) atoms. The largest absolute Gasteiger partial charge is 0.325 e. The lowest BCUT2D eigenvalue weighted by Gasteiger charge is -2.14. The highest BCUT2D eigenvalue weighted by atomic mass is 35.5. The number of rotatable bonds is 4. The maximum Gasteiger partial charge on any atom is 0.261 e. The first kappa shape index (κ1) is 18.0. The van der Waals surface area contributed by atoms with Crippen molar-refractivity contribution in [3.05, 3.63) is 52.0 Å². The van der Waals surface area contributed by atoms with Crippen LogP contribution in [-0.2, 0) is 14.8 Å². The van der Waals surface area contributed by atoms with Gasteiger partial charge in [0.2, 0.25) is 5.91 Å². The Morgan fingerprint density at radius 2 is 1.80 bits per heavy atom. The minimum absolute atomic E-state index is 0.0111. The highest BCUT2D eigenvalue weighted by Gasteiger charge is 2.33. The molecule has 2 aromatic carbocycles. The molecule has 8 heteroatoms. The fraction of sp³-hybridized carbons (Fsp3) is 0.235. The Bertz CT molecular complexity index is 958. The molecule has 0 saturated heterocycles. The number of amides is 1. The van der Waals surface area contributed by atoms with E-state index in [1.54, 1.807) is 18.2 Å². The number of benzene rings is 2. The van der Waals surface area contributed by atoms with Crippen molar-refractivity contribution >= 4 is 50.5 Å². The van der Waals surface area contributed by atoms with Gasteiger partial charge in [-0.2, -0.15) is 0 Å². The molecular formula is C17H16Cl2N2O3S. The van der Waals surface area contributed by atoms with Crippen LogP contribution in [0, 0.1) is 5.92 Å². The van der Waals surface area contributed by atoms with Gasteiger partial charge in [-0.05, 0) is 47.9 Å². The van der Waals surface area contributed by atoms with Gasteiger partial charge in [0, 0.05) is 11.4 Å². The minimum atomic E-state index is -3.82. The number of nitrogens with one attached hydrogen (secondary N) is 2. The zero-order chi connectivity index (χ0) is 18.4. The molecule has 0 fully saturated rings. The Morgan fingerprint density at radius 1 is 1.08 bits per heavy atom. The van der Waals surface area contributed by atoms with Gasteiger partial charge in [-0.1, -0.05) is 37.0 Å². The molecule has 1 aliphatic heterocycles. The van der Waals surface area contributed by atoms with Crippen LogP contribution in [-0.4, -0.2) is 14.3 Å². The summed E-state index contributed by atoms with van der Waals surface area (Å²) in [5.74, 6) is -0.276. The molecule has 1 atom stereocenters. The van der Waals surface area contributed by atoms with Crippen LogP contribution < -0.4 is 10.0 Å². The fourth-order valence-electron chi connectivity index (χ4n) is 2.87. The quantitative estimate of drug-likeness (QED) is 0.796. The maximum atomic E-state index is 12.5. The molecule has 1 aliphatic rings. The number of carbonyl (C=O) groups is 1. The van der Waals surface area contributed by atoms with Gasteiger partial charge in [0.25, 0.3) is 10.0 Å². The first-order valence-corrected chi connectivity index (χ1v) is 9.85. The lowest BCUT2D eigenvalue weighted by Crippen LogP contribution is -2.17. The summed E-state index contributed by atoms with van der Waals surface area (Å²) in [6.45, 7) is 3.90. The van der Waals surface area contributed by atoms with E-state index in [4.69, 9.17) is 23.2 Å². The summed E-state index contributed by atoms with van der Waals surface area (Å²) < 4.78 is 27.6. The van der Waals surface area contributed by atoms with E-state index in [0.29, 0.717) is 11.4 Å². The molecule has 0 bridgehead atoms. The SMILES string of the molecule is CC(C)C1C(=O)Nc2ccc(NS(=O)(=O)c3ccc(Cl)c(Cl)c3)cc21. The Hall–Kier alpha value is -1.76. The van der Waals surface area contributed by atoms with Gasteiger partial charge in [-0.3, -0.25) is 9.52 Å². The van der Waals surface area contributed by atoms with Crippen molar-refractivity contribution in [2.75, 3.05) is 10.0 Å². The average molecular weight is 399 g/mol. The summed E-state index contributed by atoms with van der Waals surface area (Å²) >= 11 is 11.7. The van der Waals surface area contributed by atoms with Crippen molar-refractivity contribution in [2.24, 2.45) is 5.92 Å². The second kappa shape index (κ2) is 6.52. The molecule has 2 N–H and O–H groups in total. The predicted octanol–water partition coefficient (Wildman–Crippen LogP) is 4.49. The topological polar surface area (TPSA) is 75.3 Å². The summed E-state index contributed by atoms with van der Waals surface area (Å²) in [4.78, 5) is 12.1. The summed E-state index contributed by atoms with van der Waals surface area (Å²) in [5.41, 5.74) is 1.88. The molecular weight excluding hydrogens is 383 g/mol. The van der Waals surface area contributed by atoms with Crippen molar-refractivity contribution in [3.8, 4) is 0 Å². The van der Waals surface area contributed by atoms with E-state index in [1.807, 2.05) is 13.8 Å². The monoisotopic (exact) mass is 398 g/mol. The second-order valence-electron chi connectivity index (χ2n) is 6.19. The van der Waals surface area contributed by atoms with E-state index in [-0.39, 0.29) is 32.7 Å². The average Bonchev–Trinajstić information content (AvgIpc) is 2.84. The maximum absolute atomic E-state index is 12.5. The van der Waals surface area contributed by atoms with E-state index >= 15 is 0 Å². The van der Waals surface area contributed by atoms with E-state index in [0.717, 1.165) is 5.56 Å². The van der Waals surface area contributed by atoms with Crippen LogP contribution in [0.4, 0.5) is 11.4 Å². The molecule has 5 nitrogen and oxygen atoms in total. The fourth-order valence-corrected chi connectivity index (χ4v) is 4.31. The van der Waals surface area contributed by atoms with E-state index < -0.39 is 10.0 Å². The molecule has 0 radical (unpaired) electrons. The molecule has 2 aromatic rings. The van der Waals surface area contributed by atoms with Gasteiger partial charge >= 0.3 is 0 Å². The Balaban J connectivity index is 1.94. The van der Waals surface area contributed by atoms with Crippen molar-refractivity contribution in [1.82, 2.24) is 0 Å². The number of carbonyl (C=O) groups excluding carboxylic acids is 1. The molecule has 3 rings (SSSR count). The first-order chi connectivity index (χ1) is 11.7. The van der Waals surface area contributed by atoms with Crippen LogP contribution in [0.2, 0.25) is 10.0 Å². The number of anilines is 2. The third-order valence-electron chi connectivity index (χ3n) is 4.05. The Morgan fingerprint density at radius 3 is 2.44 bits per heavy atom. The molecule has 1 amide bonds. The third kappa shape index (κ3) is 3.47. The molecule has 1 heterocycles. The van der Waals surface area contributed by atoms with Crippen molar-refractivity contribution < 1.29 is 13.2 Å². The van der Waals surface area contributed by atoms with Crippen molar-refractivity contribution in [1.29, 1.82) is 0 Å². The number of hydrogen-bond donors (Lipinski definition) is 2. The number of halogens is 2. The van der Waals surface area contributed by atoms with Gasteiger partial charge in [0.05, 0.1) is 20.9 Å². The lowest BCUT2D eigenvalue weighted by atomic mass is 9.89. The zero-order valence-corrected chi connectivity index (χ0v) is 15.8. The number of hydrogen-bond acceptors (Lipinski definition) is 3. The third-order valence-corrected chi connectivity index (χ3v) is 6.17. The molecule has 0 aromatic heterocycles. The molecule has 0 spiro atoms. The van der Waals surface area contributed by atoms with Gasteiger partial charge < -0.3 is 5.32 Å². The van der Waals surface area contributed by atoms with Crippen LogP contribution in [0.3, 0.4) is 0 Å². The number of sulfonamides is 1. The molecule has 132 valence electrons. The van der Waals surface area contributed by atoms with Crippen LogP contribution in [0.15, 0.2) is 41.3 Å². The Kier molecular flexibility index (Phi) is 4.70. The lowest BCUT2D eigenvalue weighted by molar-refractivity contribution is -0.117. The Labute approximate surface area is 156 Å². The van der Waals surface area contributed by atoms with E-state index in [2.05, 4.69) is 10.0 Å². The van der Waals surface area contributed by atoms with E-state index in [9.17, 15) is 13.2 Å². The van der Waals surface area contributed by atoms with Crippen LogP contribution in [0.25, 0.3) is 0 Å². The van der Waals surface area contributed by atoms with Crippen LogP contribution in [0.5, 0.6) is 0 Å². The summed E-state index contributed by atoms with van der Waals surface area (Å²) in [6, 6.07) is 9.10. The summed E-state index contributed by atoms with van der Waals surface area (Å²) in [5, 5.41) is 3.26. The summed E-state index contributed by atoms with van der Waals surface area (Å²) in [6.07, 6.45) is 0. The van der Waals surface area contributed by atoms with Crippen LogP contribution >= 0.6 is 23.2 Å². The molecule has 1 unspecified atom stereocenters. The summed E-state index contributed by atoms with van der Waals surface area (Å²) in [7, 11) is -3.82. The van der Waals surface area contributed by atoms with E-state index in [1.165, 1.54) is 18.2 Å². The highest BCUT2D eigenvalue weighted by molar-refractivity contribution is 7.92. The predicted molar refractivity (Wildman–Crippen MR) is 99.9 cm³/mol. The molecule has 0 aliphatic carbocycles. The van der Waals surface area contributed by atoms with Gasteiger partial charge in [-0.25, -0.2) is 8.42 Å². The second-order valence-corrected chi connectivity index (χ2v) is 8.69. The van der Waals surface area contributed by atoms with Crippen LogP contribution in [0.1, 0.15) is 25.3 Å². The van der Waals surface area contributed by atoms with Crippen molar-refractivity contribution in [2.45, 2.75) is 24.7 Å². The molecule has 0 saturated carbocycles. The number of fused-ring (bicyclic) bond motifs is 1. The van der Waals surface area contributed by atoms with Gasteiger partial charge in [0.1, 0.15) is 0 Å². The standard InChI is InChI=1S/C17H16Cl2N2O3S/c1-9(2)16-12-7-10(3-6-15(12)20-17(16)22)21-25(23,24)11-4-5-13(18)14(19)8-11/h3-9,16,21H,1-2H3,(H,20,22). The van der Waals surface area contributed by atoms with Gasteiger partial charge in [0.15, 0.2) is 0 Å². The van der Waals surface area contributed by atoms with Crippen molar-refractivity contribution in [3.63, 3.8) is 0 Å². The minimum Gasteiger partial charge on any atom is -0.325 e. The van der Waals surface area contributed by atoms with Gasteiger partial charge in [-0.15, -0.1) is 0 Å². The zero-order valence-electron chi connectivity index (χ0n) is 13.5.